The standard InChI is InChI=1S/C26H28N6O2/c1-30-10-9-19(30)16-34-23-15-27-31(2)25(23)18-8-11-32-20(12-18)13-24(29-32)28-26(33)22-14-21(22)17-6-4-3-5-7-17/h3-8,11-13,15,19,21-22H,9-10,14,16H2,1-2H3,(H,28,29,33)/t19-,21?,22?/m1/s1. The summed E-state index contributed by atoms with van der Waals surface area (Å²) >= 11 is 0. The van der Waals surface area contributed by atoms with E-state index in [1.807, 2.05) is 54.3 Å². The number of nitrogens with one attached hydrogen (secondary N) is 1. The van der Waals surface area contributed by atoms with Crippen molar-refractivity contribution in [2.24, 2.45) is 13.0 Å². The van der Waals surface area contributed by atoms with Crippen LogP contribution in [0.4, 0.5) is 5.82 Å². The number of fused-ring (bicyclic) bond motifs is 1. The van der Waals surface area contributed by atoms with Crippen molar-refractivity contribution in [3.8, 4) is 17.0 Å². The van der Waals surface area contributed by atoms with Crippen LogP contribution in [-0.2, 0) is 11.8 Å². The van der Waals surface area contributed by atoms with E-state index in [4.69, 9.17) is 4.74 Å². The quantitative estimate of drug-likeness (QED) is 0.460. The third-order valence-corrected chi connectivity index (χ3v) is 7.12. The highest BCUT2D eigenvalue weighted by molar-refractivity contribution is 5.95. The van der Waals surface area contributed by atoms with Crippen LogP contribution in [-0.4, -0.2) is 56.4 Å². The van der Waals surface area contributed by atoms with Crippen LogP contribution in [0.25, 0.3) is 16.8 Å². The Labute approximate surface area is 198 Å². The molecule has 1 saturated carbocycles. The number of likely N-dealkylation sites (tertiary alicyclic amines) is 1. The molecule has 4 aromatic rings. The Kier molecular flexibility index (Phi) is 5.10. The predicted molar refractivity (Wildman–Crippen MR) is 130 cm³/mol. The Morgan fingerprint density at radius 1 is 1.18 bits per heavy atom. The van der Waals surface area contributed by atoms with Crippen molar-refractivity contribution in [2.45, 2.75) is 24.8 Å². The third kappa shape index (κ3) is 3.84. The number of aromatic nitrogens is 4. The largest absolute Gasteiger partial charge is 0.488 e. The first kappa shape index (κ1) is 20.9. The minimum atomic E-state index is 0.00614. The lowest BCUT2D eigenvalue weighted by Gasteiger charge is -2.37. The zero-order chi connectivity index (χ0) is 23.2. The van der Waals surface area contributed by atoms with Gasteiger partial charge in [-0.15, -0.1) is 0 Å². The fraction of sp³-hybridized carbons (Fsp3) is 0.346. The maximum atomic E-state index is 12.8. The number of carbonyl (C=O) groups excluding carboxylic acids is 1. The van der Waals surface area contributed by atoms with Crippen molar-refractivity contribution in [2.75, 3.05) is 25.5 Å². The number of ether oxygens (including phenoxy) is 1. The summed E-state index contributed by atoms with van der Waals surface area (Å²) in [6.45, 7) is 1.78. The summed E-state index contributed by atoms with van der Waals surface area (Å²) in [5.74, 6) is 1.68. The topological polar surface area (TPSA) is 76.7 Å². The van der Waals surface area contributed by atoms with E-state index in [9.17, 15) is 4.79 Å². The first-order valence-corrected chi connectivity index (χ1v) is 11.8. The molecule has 1 aliphatic heterocycles. The van der Waals surface area contributed by atoms with Gasteiger partial charge < -0.3 is 10.1 Å². The number of amides is 1. The molecule has 3 aromatic heterocycles. The monoisotopic (exact) mass is 456 g/mol. The average Bonchev–Trinajstić information content (AvgIpc) is 3.43. The number of pyridine rings is 1. The second-order valence-corrected chi connectivity index (χ2v) is 9.38. The number of nitrogens with zero attached hydrogens (tertiary/aromatic N) is 5. The highest BCUT2D eigenvalue weighted by Crippen LogP contribution is 2.47. The van der Waals surface area contributed by atoms with Gasteiger partial charge in [0.1, 0.15) is 12.3 Å². The van der Waals surface area contributed by atoms with Crippen molar-refractivity contribution >= 4 is 17.2 Å². The molecule has 1 aliphatic carbocycles. The molecule has 0 spiro atoms. The number of hydrogen-bond donors (Lipinski definition) is 1. The van der Waals surface area contributed by atoms with Crippen LogP contribution in [0, 0.1) is 5.92 Å². The molecule has 2 fully saturated rings. The molecule has 0 bridgehead atoms. The molecule has 1 N–H and O–H groups in total. The predicted octanol–water partition coefficient (Wildman–Crippen LogP) is 3.56. The van der Waals surface area contributed by atoms with Gasteiger partial charge in [0.2, 0.25) is 5.91 Å². The zero-order valence-electron chi connectivity index (χ0n) is 19.4. The van der Waals surface area contributed by atoms with E-state index in [2.05, 4.69) is 39.6 Å². The van der Waals surface area contributed by atoms with Crippen LogP contribution in [0.2, 0.25) is 0 Å². The van der Waals surface area contributed by atoms with Crippen LogP contribution < -0.4 is 10.1 Å². The molecule has 1 aromatic carbocycles. The Morgan fingerprint density at radius 3 is 2.79 bits per heavy atom. The van der Waals surface area contributed by atoms with Crippen molar-refractivity contribution in [3.63, 3.8) is 0 Å². The molecule has 1 saturated heterocycles. The lowest BCUT2D eigenvalue weighted by molar-refractivity contribution is -0.117. The molecule has 8 nitrogen and oxygen atoms in total. The van der Waals surface area contributed by atoms with Crippen LogP contribution in [0.15, 0.2) is 60.9 Å². The molecular weight excluding hydrogens is 428 g/mol. The fourth-order valence-corrected chi connectivity index (χ4v) is 4.79. The van der Waals surface area contributed by atoms with E-state index >= 15 is 0 Å². The molecule has 4 heterocycles. The molecule has 3 atom stereocenters. The molecule has 8 heteroatoms. The van der Waals surface area contributed by atoms with Gasteiger partial charge in [-0.05, 0) is 50.0 Å². The van der Waals surface area contributed by atoms with Gasteiger partial charge in [0.05, 0.1) is 11.7 Å². The van der Waals surface area contributed by atoms with Gasteiger partial charge in [-0.3, -0.25) is 14.4 Å². The van der Waals surface area contributed by atoms with Gasteiger partial charge in [0.15, 0.2) is 11.6 Å². The van der Waals surface area contributed by atoms with Crippen molar-refractivity contribution < 1.29 is 9.53 Å². The molecule has 6 rings (SSSR count). The Hall–Kier alpha value is -3.65. The Bertz CT molecular complexity index is 1340. The molecule has 0 radical (unpaired) electrons. The molecule has 174 valence electrons. The minimum Gasteiger partial charge on any atom is -0.488 e. The van der Waals surface area contributed by atoms with Crippen molar-refractivity contribution in [1.29, 1.82) is 0 Å². The third-order valence-electron chi connectivity index (χ3n) is 7.12. The number of carbonyl (C=O) groups is 1. The minimum absolute atomic E-state index is 0.00614. The fourth-order valence-electron chi connectivity index (χ4n) is 4.79. The van der Waals surface area contributed by atoms with Gasteiger partial charge in [0, 0.05) is 36.8 Å². The summed E-state index contributed by atoms with van der Waals surface area (Å²) in [7, 11) is 4.04. The second kappa shape index (κ2) is 8.29. The zero-order valence-corrected chi connectivity index (χ0v) is 19.4. The van der Waals surface area contributed by atoms with Crippen molar-refractivity contribution in [3.05, 3.63) is 66.5 Å². The van der Waals surface area contributed by atoms with Gasteiger partial charge in [-0.1, -0.05) is 30.3 Å². The lowest BCUT2D eigenvalue weighted by atomic mass is 10.1. The first-order chi connectivity index (χ1) is 16.6. The molecule has 2 aliphatic rings. The lowest BCUT2D eigenvalue weighted by Crippen LogP contribution is -2.48. The van der Waals surface area contributed by atoms with Gasteiger partial charge >= 0.3 is 0 Å². The number of likely N-dealkylation sites (N-methyl/N-ethyl adjacent to an activating group) is 1. The summed E-state index contributed by atoms with van der Waals surface area (Å²) in [6, 6.07) is 16.6. The molecule has 34 heavy (non-hydrogen) atoms. The van der Waals surface area contributed by atoms with E-state index in [1.165, 1.54) is 5.56 Å². The first-order valence-electron chi connectivity index (χ1n) is 11.8. The summed E-state index contributed by atoms with van der Waals surface area (Å²) in [4.78, 5) is 15.1. The van der Waals surface area contributed by atoms with E-state index in [0.717, 1.165) is 41.9 Å². The van der Waals surface area contributed by atoms with E-state index in [0.29, 0.717) is 24.4 Å². The molecular formula is C26H28N6O2. The maximum absolute atomic E-state index is 12.8. The number of benzene rings is 1. The Morgan fingerprint density at radius 2 is 2.03 bits per heavy atom. The maximum Gasteiger partial charge on any atom is 0.229 e. The number of anilines is 1. The van der Waals surface area contributed by atoms with Gasteiger partial charge in [-0.25, -0.2) is 4.52 Å². The summed E-state index contributed by atoms with van der Waals surface area (Å²) < 4.78 is 9.75. The van der Waals surface area contributed by atoms with Gasteiger partial charge in [0.25, 0.3) is 0 Å². The summed E-state index contributed by atoms with van der Waals surface area (Å²) in [5, 5.41) is 12.0. The number of hydrogen-bond acceptors (Lipinski definition) is 5. The summed E-state index contributed by atoms with van der Waals surface area (Å²) in [6.07, 6.45) is 5.72. The van der Waals surface area contributed by atoms with Crippen molar-refractivity contribution in [1.82, 2.24) is 24.3 Å². The normalized spacial score (nSPS) is 21.9. The van der Waals surface area contributed by atoms with E-state index in [1.54, 1.807) is 10.7 Å². The molecule has 2 unspecified atom stereocenters. The average molecular weight is 457 g/mol. The number of aryl methyl sites for hydroxylation is 1. The second-order valence-electron chi connectivity index (χ2n) is 9.38. The molecule has 1 amide bonds. The van der Waals surface area contributed by atoms with Crippen LogP contribution in [0.5, 0.6) is 5.75 Å². The van der Waals surface area contributed by atoms with Gasteiger partial charge in [-0.2, -0.15) is 10.2 Å². The Balaban J connectivity index is 1.17. The smallest absolute Gasteiger partial charge is 0.229 e. The number of rotatable bonds is 7. The van der Waals surface area contributed by atoms with Crippen LogP contribution in [0.3, 0.4) is 0 Å². The van der Waals surface area contributed by atoms with Crippen LogP contribution >= 0.6 is 0 Å². The SMILES string of the molecule is CN1CC[C@@H]1COc1cnn(C)c1-c1ccn2nc(NC(=O)C3CC3c3ccccc3)cc2c1. The van der Waals surface area contributed by atoms with Crippen LogP contribution in [0.1, 0.15) is 24.3 Å². The highest BCUT2D eigenvalue weighted by Gasteiger charge is 2.44. The highest BCUT2D eigenvalue weighted by atomic mass is 16.5. The van der Waals surface area contributed by atoms with E-state index < -0.39 is 0 Å². The summed E-state index contributed by atoms with van der Waals surface area (Å²) in [5.41, 5.74) is 4.04. The van der Waals surface area contributed by atoms with E-state index in [-0.39, 0.29) is 11.8 Å².